The number of benzene rings is 1. The van der Waals surface area contributed by atoms with E-state index in [0.29, 0.717) is 18.7 Å². The molecule has 0 spiro atoms. The first-order chi connectivity index (χ1) is 8.98. The van der Waals surface area contributed by atoms with Crippen LogP contribution in [0.3, 0.4) is 0 Å². The molecule has 0 fully saturated rings. The topological polar surface area (TPSA) is 79.9 Å². The Kier molecular flexibility index (Phi) is 5.79. The normalized spacial score (nSPS) is 12.7. The van der Waals surface area contributed by atoms with Gasteiger partial charge in [0.1, 0.15) is 0 Å². The van der Waals surface area contributed by atoms with E-state index in [0.717, 1.165) is 12.1 Å². The van der Waals surface area contributed by atoms with E-state index in [4.69, 9.17) is 15.7 Å². The fourth-order valence-corrected chi connectivity index (χ4v) is 1.85. The van der Waals surface area contributed by atoms with Gasteiger partial charge in [-0.15, -0.1) is 0 Å². The summed E-state index contributed by atoms with van der Waals surface area (Å²) in [6, 6.07) is 7.59. The van der Waals surface area contributed by atoms with Crippen molar-refractivity contribution in [3.05, 3.63) is 35.4 Å². The van der Waals surface area contributed by atoms with Crippen LogP contribution in [0.2, 0.25) is 0 Å². The van der Waals surface area contributed by atoms with Gasteiger partial charge < -0.3 is 21.0 Å². The maximum Gasteiger partial charge on any atom is 0.170 e. The molecule has 0 atom stereocenters. The molecule has 0 saturated carbocycles. The molecule has 0 amide bonds. The second-order valence-corrected chi connectivity index (χ2v) is 4.98. The van der Waals surface area contributed by atoms with Crippen molar-refractivity contribution in [2.75, 3.05) is 13.2 Å². The van der Waals surface area contributed by atoms with Gasteiger partial charge in [-0.3, -0.25) is 0 Å². The molecule has 0 radical (unpaired) electrons. The van der Waals surface area contributed by atoms with Gasteiger partial charge in [0.2, 0.25) is 0 Å². The standard InChI is InChI=1S/C14H23N3O2/c1-4-19-14(2,3)10-16-9-11-6-5-7-12(8-11)13(15)17-18/h5-8,16,18H,4,9-10H2,1-3H3,(H2,15,17). The molecule has 0 aliphatic carbocycles. The Labute approximate surface area is 114 Å². The van der Waals surface area contributed by atoms with Crippen molar-refractivity contribution < 1.29 is 9.94 Å². The quantitative estimate of drug-likeness (QED) is 0.303. The highest BCUT2D eigenvalue weighted by Gasteiger charge is 2.16. The van der Waals surface area contributed by atoms with Gasteiger partial charge in [-0.1, -0.05) is 23.4 Å². The Morgan fingerprint density at radius 1 is 1.47 bits per heavy atom. The summed E-state index contributed by atoms with van der Waals surface area (Å²) >= 11 is 0. The maximum atomic E-state index is 8.65. The van der Waals surface area contributed by atoms with E-state index in [1.165, 1.54) is 0 Å². The van der Waals surface area contributed by atoms with E-state index in [1.54, 1.807) is 0 Å². The predicted molar refractivity (Wildman–Crippen MR) is 76.4 cm³/mol. The van der Waals surface area contributed by atoms with Gasteiger partial charge in [-0.2, -0.15) is 0 Å². The number of nitrogens with one attached hydrogen (secondary N) is 1. The maximum absolute atomic E-state index is 8.65. The van der Waals surface area contributed by atoms with Gasteiger partial charge in [-0.05, 0) is 32.4 Å². The number of rotatable bonds is 7. The van der Waals surface area contributed by atoms with E-state index in [-0.39, 0.29) is 11.4 Å². The summed E-state index contributed by atoms with van der Waals surface area (Å²) < 4.78 is 5.61. The molecule has 0 bridgehead atoms. The number of nitrogens with two attached hydrogens (primary N) is 1. The molecule has 5 nitrogen and oxygen atoms in total. The van der Waals surface area contributed by atoms with Crippen LogP contribution in [0.4, 0.5) is 0 Å². The summed E-state index contributed by atoms with van der Waals surface area (Å²) in [7, 11) is 0. The number of hydrogen-bond donors (Lipinski definition) is 3. The van der Waals surface area contributed by atoms with Gasteiger partial charge in [0.05, 0.1) is 5.60 Å². The summed E-state index contributed by atoms with van der Waals surface area (Å²) in [4.78, 5) is 0. The molecule has 0 aliphatic heterocycles. The van der Waals surface area contributed by atoms with E-state index in [1.807, 2.05) is 31.2 Å². The average Bonchev–Trinajstić information content (AvgIpc) is 2.38. The summed E-state index contributed by atoms with van der Waals surface area (Å²) in [5.74, 6) is 0.122. The summed E-state index contributed by atoms with van der Waals surface area (Å²) in [5, 5.41) is 15.0. The van der Waals surface area contributed by atoms with Crippen molar-refractivity contribution in [3.8, 4) is 0 Å². The minimum absolute atomic E-state index is 0.122. The number of nitrogens with zero attached hydrogens (tertiary/aromatic N) is 1. The Morgan fingerprint density at radius 2 is 2.21 bits per heavy atom. The zero-order chi connectivity index (χ0) is 14.3. The molecule has 0 aromatic heterocycles. The molecule has 0 heterocycles. The molecule has 0 unspecified atom stereocenters. The summed E-state index contributed by atoms with van der Waals surface area (Å²) in [6.45, 7) is 8.26. The minimum atomic E-state index is -0.183. The van der Waals surface area contributed by atoms with Crippen LogP contribution in [0, 0.1) is 0 Å². The lowest BCUT2D eigenvalue weighted by molar-refractivity contribution is -0.00897. The molecule has 1 rings (SSSR count). The molecular weight excluding hydrogens is 242 g/mol. The second-order valence-electron chi connectivity index (χ2n) is 4.98. The largest absolute Gasteiger partial charge is 0.409 e. The van der Waals surface area contributed by atoms with Gasteiger partial charge in [0.15, 0.2) is 5.84 Å². The summed E-state index contributed by atoms with van der Waals surface area (Å²) in [5.41, 5.74) is 7.17. The van der Waals surface area contributed by atoms with E-state index < -0.39 is 0 Å². The molecule has 0 saturated heterocycles. The zero-order valence-electron chi connectivity index (χ0n) is 11.8. The lowest BCUT2D eigenvalue weighted by Gasteiger charge is -2.25. The molecule has 0 aliphatic rings. The van der Waals surface area contributed by atoms with Crippen molar-refractivity contribution in [2.45, 2.75) is 32.9 Å². The van der Waals surface area contributed by atoms with Crippen LogP contribution in [0.25, 0.3) is 0 Å². The lowest BCUT2D eigenvalue weighted by atomic mass is 10.1. The van der Waals surface area contributed by atoms with E-state index in [2.05, 4.69) is 24.3 Å². The highest BCUT2D eigenvalue weighted by Crippen LogP contribution is 2.09. The van der Waals surface area contributed by atoms with Crippen LogP contribution in [0.15, 0.2) is 29.4 Å². The first-order valence-electron chi connectivity index (χ1n) is 6.40. The third kappa shape index (κ3) is 5.28. The lowest BCUT2D eigenvalue weighted by Crippen LogP contribution is -2.37. The van der Waals surface area contributed by atoms with Gasteiger partial charge in [0, 0.05) is 25.3 Å². The Bertz CT molecular complexity index is 430. The SMILES string of the molecule is CCOC(C)(C)CNCc1cccc(/C(N)=N/O)c1. The fourth-order valence-electron chi connectivity index (χ4n) is 1.85. The smallest absolute Gasteiger partial charge is 0.170 e. The fraction of sp³-hybridized carbons (Fsp3) is 0.500. The Balaban J connectivity index is 2.54. The van der Waals surface area contributed by atoms with Gasteiger partial charge >= 0.3 is 0 Å². The molecule has 106 valence electrons. The average molecular weight is 265 g/mol. The first kappa shape index (κ1) is 15.5. The van der Waals surface area contributed by atoms with E-state index >= 15 is 0 Å². The Hall–Kier alpha value is -1.59. The predicted octanol–water partition coefficient (Wildman–Crippen LogP) is 1.69. The van der Waals surface area contributed by atoms with Crippen molar-refractivity contribution in [3.63, 3.8) is 0 Å². The summed E-state index contributed by atoms with van der Waals surface area (Å²) in [6.07, 6.45) is 0. The van der Waals surface area contributed by atoms with Crippen LogP contribution in [-0.2, 0) is 11.3 Å². The van der Waals surface area contributed by atoms with Crippen molar-refractivity contribution in [2.24, 2.45) is 10.9 Å². The monoisotopic (exact) mass is 265 g/mol. The number of ether oxygens (including phenoxy) is 1. The van der Waals surface area contributed by atoms with Gasteiger partial charge in [0.25, 0.3) is 0 Å². The number of amidine groups is 1. The highest BCUT2D eigenvalue weighted by atomic mass is 16.5. The van der Waals surface area contributed by atoms with Crippen LogP contribution in [0.1, 0.15) is 31.9 Å². The molecule has 4 N–H and O–H groups in total. The second kappa shape index (κ2) is 7.11. The van der Waals surface area contributed by atoms with Crippen LogP contribution < -0.4 is 11.1 Å². The third-order valence-electron chi connectivity index (χ3n) is 2.75. The molecule has 1 aromatic carbocycles. The molecular formula is C14H23N3O2. The first-order valence-corrected chi connectivity index (χ1v) is 6.40. The molecule has 19 heavy (non-hydrogen) atoms. The number of oxime groups is 1. The molecule has 5 heteroatoms. The van der Waals surface area contributed by atoms with Crippen LogP contribution in [0.5, 0.6) is 0 Å². The van der Waals surface area contributed by atoms with E-state index in [9.17, 15) is 0 Å². The van der Waals surface area contributed by atoms with Crippen LogP contribution in [-0.4, -0.2) is 29.8 Å². The van der Waals surface area contributed by atoms with Crippen LogP contribution >= 0.6 is 0 Å². The highest BCUT2D eigenvalue weighted by molar-refractivity contribution is 5.97. The van der Waals surface area contributed by atoms with Crippen molar-refractivity contribution in [1.29, 1.82) is 0 Å². The Morgan fingerprint density at radius 3 is 2.84 bits per heavy atom. The number of hydrogen-bond acceptors (Lipinski definition) is 4. The van der Waals surface area contributed by atoms with Crippen molar-refractivity contribution >= 4 is 5.84 Å². The third-order valence-corrected chi connectivity index (χ3v) is 2.75. The van der Waals surface area contributed by atoms with Crippen molar-refractivity contribution in [1.82, 2.24) is 5.32 Å². The minimum Gasteiger partial charge on any atom is -0.409 e. The zero-order valence-corrected chi connectivity index (χ0v) is 11.8. The molecule has 1 aromatic rings. The van der Waals surface area contributed by atoms with Gasteiger partial charge in [-0.25, -0.2) is 0 Å².